The summed E-state index contributed by atoms with van der Waals surface area (Å²) in [6.45, 7) is 4.19. The van der Waals surface area contributed by atoms with Crippen molar-refractivity contribution >= 4 is 5.82 Å². The third-order valence-corrected chi connectivity index (χ3v) is 3.12. The number of piperidine rings is 1. The number of aliphatic hydroxyl groups excluding tert-OH is 1. The molecule has 1 saturated heterocycles. The zero-order valence-corrected chi connectivity index (χ0v) is 10.2. The van der Waals surface area contributed by atoms with E-state index in [-0.39, 0.29) is 11.7 Å². The van der Waals surface area contributed by atoms with E-state index in [9.17, 15) is 9.90 Å². The fraction of sp³-hybridized carbons (Fsp3) is 0.667. The molecule has 1 fully saturated rings. The molecule has 2 rings (SSSR count). The Bertz CT molecular complexity index is 422. The van der Waals surface area contributed by atoms with Crippen LogP contribution in [0.2, 0.25) is 0 Å². The first-order valence-corrected chi connectivity index (χ1v) is 6.21. The number of hydrogen-bond acceptors (Lipinski definition) is 4. The largest absolute Gasteiger partial charge is 0.393 e. The molecule has 94 valence electrons. The summed E-state index contributed by atoms with van der Waals surface area (Å²) in [5.41, 5.74) is -0.0225. The number of rotatable bonds is 3. The molecule has 0 amide bonds. The summed E-state index contributed by atoms with van der Waals surface area (Å²) in [6.07, 6.45) is 5.54. The lowest BCUT2D eigenvalue weighted by atomic mass is 10.1. The highest BCUT2D eigenvalue weighted by atomic mass is 16.3. The molecule has 0 aliphatic carbocycles. The molecule has 0 spiro atoms. The molecule has 1 N–H and O–H groups in total. The lowest BCUT2D eigenvalue weighted by Gasteiger charge is -2.30. The first kappa shape index (κ1) is 12.1. The molecule has 0 saturated carbocycles. The molecule has 0 atom stereocenters. The molecule has 0 radical (unpaired) electrons. The number of nitrogens with zero attached hydrogens (tertiary/aromatic N) is 3. The maximum atomic E-state index is 12.1. The van der Waals surface area contributed by atoms with Crippen molar-refractivity contribution in [1.29, 1.82) is 0 Å². The van der Waals surface area contributed by atoms with Crippen molar-refractivity contribution in [2.75, 3.05) is 18.0 Å². The van der Waals surface area contributed by atoms with Gasteiger partial charge in [0.05, 0.1) is 6.10 Å². The van der Waals surface area contributed by atoms with Crippen LogP contribution in [-0.2, 0) is 6.54 Å². The standard InChI is InChI=1S/C12H19N3O2/c1-2-6-15-9-5-13-11(12(15)17)14-7-3-10(16)4-8-14/h5,9-10,16H,2-4,6-8H2,1H3. The van der Waals surface area contributed by atoms with Gasteiger partial charge in [-0.05, 0) is 19.3 Å². The van der Waals surface area contributed by atoms with Gasteiger partial charge in [-0.25, -0.2) is 4.98 Å². The van der Waals surface area contributed by atoms with E-state index >= 15 is 0 Å². The van der Waals surface area contributed by atoms with Gasteiger partial charge in [-0.2, -0.15) is 0 Å². The third-order valence-electron chi connectivity index (χ3n) is 3.12. The van der Waals surface area contributed by atoms with Gasteiger partial charge in [0.2, 0.25) is 0 Å². The van der Waals surface area contributed by atoms with Crippen LogP contribution in [0.5, 0.6) is 0 Å². The van der Waals surface area contributed by atoms with Crippen LogP contribution >= 0.6 is 0 Å². The van der Waals surface area contributed by atoms with E-state index in [2.05, 4.69) is 4.98 Å². The SMILES string of the molecule is CCCn1ccnc(N2CCC(O)CC2)c1=O. The Kier molecular flexibility index (Phi) is 3.78. The monoisotopic (exact) mass is 237 g/mol. The molecular weight excluding hydrogens is 218 g/mol. The Morgan fingerprint density at radius 3 is 2.82 bits per heavy atom. The van der Waals surface area contributed by atoms with E-state index in [1.165, 1.54) is 0 Å². The molecular formula is C12H19N3O2. The molecule has 5 heteroatoms. The Morgan fingerprint density at radius 2 is 2.18 bits per heavy atom. The van der Waals surface area contributed by atoms with Crippen molar-refractivity contribution in [2.45, 2.75) is 38.8 Å². The Balaban J connectivity index is 2.21. The second-order valence-electron chi connectivity index (χ2n) is 4.47. The van der Waals surface area contributed by atoms with E-state index in [1.54, 1.807) is 17.0 Å². The minimum atomic E-state index is -0.229. The van der Waals surface area contributed by atoms with Gasteiger partial charge in [0, 0.05) is 32.0 Å². The lowest BCUT2D eigenvalue weighted by molar-refractivity contribution is 0.145. The third kappa shape index (κ3) is 2.66. The Labute approximate surface area is 101 Å². The number of aliphatic hydroxyl groups is 1. The average molecular weight is 237 g/mol. The van der Waals surface area contributed by atoms with Gasteiger partial charge >= 0.3 is 0 Å². The van der Waals surface area contributed by atoms with Crippen molar-refractivity contribution in [3.8, 4) is 0 Å². The second kappa shape index (κ2) is 5.31. The average Bonchev–Trinajstić information content (AvgIpc) is 2.34. The zero-order valence-electron chi connectivity index (χ0n) is 10.2. The van der Waals surface area contributed by atoms with Crippen molar-refractivity contribution in [1.82, 2.24) is 9.55 Å². The van der Waals surface area contributed by atoms with Gasteiger partial charge in [-0.15, -0.1) is 0 Å². The van der Waals surface area contributed by atoms with Crippen LogP contribution in [0, 0.1) is 0 Å². The van der Waals surface area contributed by atoms with E-state index in [0.717, 1.165) is 13.0 Å². The van der Waals surface area contributed by atoms with E-state index in [1.807, 2.05) is 11.8 Å². The van der Waals surface area contributed by atoms with Gasteiger partial charge in [-0.3, -0.25) is 4.79 Å². The normalized spacial score (nSPS) is 17.4. The first-order valence-electron chi connectivity index (χ1n) is 6.21. The smallest absolute Gasteiger partial charge is 0.293 e. The van der Waals surface area contributed by atoms with Gasteiger partial charge < -0.3 is 14.6 Å². The highest BCUT2D eigenvalue weighted by Gasteiger charge is 2.20. The molecule has 1 aromatic heterocycles. The molecule has 0 unspecified atom stereocenters. The van der Waals surface area contributed by atoms with Crippen molar-refractivity contribution < 1.29 is 5.11 Å². The van der Waals surface area contributed by atoms with E-state index < -0.39 is 0 Å². The quantitative estimate of drug-likeness (QED) is 0.837. The number of anilines is 1. The fourth-order valence-corrected chi connectivity index (χ4v) is 2.15. The fourth-order valence-electron chi connectivity index (χ4n) is 2.15. The predicted molar refractivity (Wildman–Crippen MR) is 66.2 cm³/mol. The topological polar surface area (TPSA) is 58.4 Å². The number of aromatic nitrogens is 2. The molecule has 2 heterocycles. The van der Waals surface area contributed by atoms with Crippen LogP contribution in [0.4, 0.5) is 5.82 Å². The molecule has 0 aromatic carbocycles. The van der Waals surface area contributed by atoms with Crippen LogP contribution < -0.4 is 10.5 Å². The summed E-state index contributed by atoms with van der Waals surface area (Å²) in [4.78, 5) is 18.3. The van der Waals surface area contributed by atoms with Gasteiger partial charge in [-0.1, -0.05) is 6.92 Å². The van der Waals surface area contributed by atoms with Crippen molar-refractivity contribution in [2.24, 2.45) is 0 Å². The summed E-state index contributed by atoms with van der Waals surface area (Å²) in [7, 11) is 0. The van der Waals surface area contributed by atoms with E-state index in [0.29, 0.717) is 31.7 Å². The van der Waals surface area contributed by atoms with Crippen LogP contribution in [0.3, 0.4) is 0 Å². The summed E-state index contributed by atoms with van der Waals surface area (Å²) >= 11 is 0. The number of aryl methyl sites for hydroxylation is 1. The summed E-state index contributed by atoms with van der Waals surface area (Å²) < 4.78 is 1.70. The van der Waals surface area contributed by atoms with Crippen LogP contribution in [-0.4, -0.2) is 33.9 Å². The van der Waals surface area contributed by atoms with Crippen LogP contribution in [0.25, 0.3) is 0 Å². The minimum absolute atomic E-state index is 0.0225. The second-order valence-corrected chi connectivity index (χ2v) is 4.47. The maximum Gasteiger partial charge on any atom is 0.293 e. The number of hydrogen-bond donors (Lipinski definition) is 1. The van der Waals surface area contributed by atoms with Gasteiger partial charge in [0.25, 0.3) is 5.56 Å². The highest BCUT2D eigenvalue weighted by molar-refractivity contribution is 5.36. The Hall–Kier alpha value is -1.36. The maximum absolute atomic E-state index is 12.1. The van der Waals surface area contributed by atoms with Crippen LogP contribution in [0.15, 0.2) is 17.2 Å². The Morgan fingerprint density at radius 1 is 1.47 bits per heavy atom. The molecule has 1 aliphatic heterocycles. The molecule has 17 heavy (non-hydrogen) atoms. The molecule has 0 bridgehead atoms. The zero-order chi connectivity index (χ0) is 12.3. The first-order chi connectivity index (χ1) is 8.22. The summed E-state index contributed by atoms with van der Waals surface area (Å²) in [6, 6.07) is 0. The van der Waals surface area contributed by atoms with Gasteiger partial charge in [0.15, 0.2) is 5.82 Å². The van der Waals surface area contributed by atoms with Crippen LogP contribution in [0.1, 0.15) is 26.2 Å². The minimum Gasteiger partial charge on any atom is -0.393 e. The van der Waals surface area contributed by atoms with Gasteiger partial charge in [0.1, 0.15) is 0 Å². The summed E-state index contributed by atoms with van der Waals surface area (Å²) in [5.74, 6) is 0.521. The molecule has 1 aliphatic rings. The summed E-state index contributed by atoms with van der Waals surface area (Å²) in [5, 5.41) is 9.45. The van der Waals surface area contributed by atoms with E-state index in [4.69, 9.17) is 0 Å². The highest BCUT2D eigenvalue weighted by Crippen LogP contribution is 2.14. The molecule has 1 aromatic rings. The van der Waals surface area contributed by atoms with Crippen molar-refractivity contribution in [3.05, 3.63) is 22.7 Å². The van der Waals surface area contributed by atoms with Crippen molar-refractivity contribution in [3.63, 3.8) is 0 Å². The lowest BCUT2D eigenvalue weighted by Crippen LogP contribution is -2.40. The predicted octanol–water partition coefficient (Wildman–Crippen LogP) is 0.614. The molecule has 5 nitrogen and oxygen atoms in total.